The standard InChI is InChI=1S/C17H22ClFN2O3.ClH/c1-16(21-14(22)12-10-11(18)2-3-13(12)19)6-9-24-17(15(16)23)4-7-20-8-5-17;/h2-3,10,15,20,23H,4-9H2,1H3,(H,21,22);1H/t15-,16+;/m0./s1. The summed E-state index contributed by atoms with van der Waals surface area (Å²) in [5, 5.41) is 17.3. The SMILES string of the molecule is C[C@@]1(NC(=O)c2cc(Cl)ccc2F)CCOC2(CCNCC2)[C@H]1O.Cl. The van der Waals surface area contributed by atoms with Gasteiger partial charge >= 0.3 is 0 Å². The van der Waals surface area contributed by atoms with E-state index in [2.05, 4.69) is 10.6 Å². The number of ether oxygens (including phenoxy) is 1. The number of hydrogen-bond donors (Lipinski definition) is 3. The van der Waals surface area contributed by atoms with Crippen LogP contribution in [-0.2, 0) is 4.74 Å². The Morgan fingerprint density at radius 2 is 2.08 bits per heavy atom. The first-order valence-electron chi connectivity index (χ1n) is 8.17. The highest BCUT2D eigenvalue weighted by atomic mass is 35.5. The fourth-order valence-corrected chi connectivity index (χ4v) is 3.83. The number of hydrogen-bond acceptors (Lipinski definition) is 4. The second-order valence-electron chi connectivity index (χ2n) is 6.81. The zero-order valence-electron chi connectivity index (χ0n) is 14.0. The second-order valence-corrected chi connectivity index (χ2v) is 7.25. The molecule has 1 amide bonds. The summed E-state index contributed by atoms with van der Waals surface area (Å²) in [5.74, 6) is -1.22. The van der Waals surface area contributed by atoms with E-state index in [1.165, 1.54) is 12.1 Å². The molecule has 2 aliphatic heterocycles. The van der Waals surface area contributed by atoms with E-state index in [0.717, 1.165) is 19.2 Å². The van der Waals surface area contributed by atoms with Crippen LogP contribution in [0, 0.1) is 5.82 Å². The predicted molar refractivity (Wildman–Crippen MR) is 95.9 cm³/mol. The molecule has 2 heterocycles. The summed E-state index contributed by atoms with van der Waals surface area (Å²) in [7, 11) is 0. The topological polar surface area (TPSA) is 70.6 Å². The van der Waals surface area contributed by atoms with Crippen molar-refractivity contribution in [3.05, 3.63) is 34.6 Å². The van der Waals surface area contributed by atoms with E-state index in [1.807, 2.05) is 0 Å². The Kier molecular flexibility index (Phi) is 6.33. The van der Waals surface area contributed by atoms with Crippen LogP contribution in [0.5, 0.6) is 0 Å². The molecular formula is C17H23Cl2FN2O3. The van der Waals surface area contributed by atoms with Crippen LogP contribution in [0.15, 0.2) is 18.2 Å². The van der Waals surface area contributed by atoms with Gasteiger partial charge in [0, 0.05) is 11.6 Å². The van der Waals surface area contributed by atoms with Crippen molar-refractivity contribution in [2.45, 2.75) is 43.4 Å². The van der Waals surface area contributed by atoms with E-state index in [-0.39, 0.29) is 23.0 Å². The van der Waals surface area contributed by atoms with Crippen molar-refractivity contribution >= 4 is 29.9 Å². The van der Waals surface area contributed by atoms with Crippen LogP contribution >= 0.6 is 24.0 Å². The first-order valence-corrected chi connectivity index (χ1v) is 8.54. The first-order chi connectivity index (χ1) is 11.4. The third-order valence-electron chi connectivity index (χ3n) is 5.13. The van der Waals surface area contributed by atoms with Gasteiger partial charge in [0.2, 0.25) is 0 Å². The summed E-state index contributed by atoms with van der Waals surface area (Å²) in [6.07, 6.45) is 0.931. The van der Waals surface area contributed by atoms with Crippen molar-refractivity contribution < 1.29 is 19.0 Å². The van der Waals surface area contributed by atoms with E-state index in [9.17, 15) is 14.3 Å². The van der Waals surface area contributed by atoms with Crippen LogP contribution in [0.3, 0.4) is 0 Å². The first kappa shape index (κ1) is 20.4. The van der Waals surface area contributed by atoms with Gasteiger partial charge in [-0.15, -0.1) is 12.4 Å². The average Bonchev–Trinajstić information content (AvgIpc) is 2.56. The van der Waals surface area contributed by atoms with E-state index in [4.69, 9.17) is 16.3 Å². The number of benzene rings is 1. The molecular weight excluding hydrogens is 370 g/mol. The summed E-state index contributed by atoms with van der Waals surface area (Å²) in [6, 6.07) is 3.85. The number of piperidine rings is 1. The van der Waals surface area contributed by atoms with E-state index < -0.39 is 29.0 Å². The smallest absolute Gasteiger partial charge is 0.254 e. The van der Waals surface area contributed by atoms with Crippen molar-refractivity contribution in [2.75, 3.05) is 19.7 Å². The van der Waals surface area contributed by atoms with Crippen LogP contribution in [0.1, 0.15) is 36.5 Å². The van der Waals surface area contributed by atoms with Gasteiger partial charge in [0.05, 0.1) is 16.7 Å². The lowest BCUT2D eigenvalue weighted by Crippen LogP contribution is -2.69. The molecule has 2 atom stereocenters. The van der Waals surface area contributed by atoms with Gasteiger partial charge in [-0.25, -0.2) is 4.39 Å². The molecule has 8 heteroatoms. The number of carbonyl (C=O) groups excluding carboxylic acids is 1. The maximum Gasteiger partial charge on any atom is 0.254 e. The number of carbonyl (C=O) groups is 1. The molecule has 2 fully saturated rings. The zero-order valence-corrected chi connectivity index (χ0v) is 15.6. The molecule has 3 rings (SSSR count). The molecule has 1 spiro atoms. The van der Waals surface area contributed by atoms with Gasteiger partial charge in [0.1, 0.15) is 11.9 Å². The zero-order chi connectivity index (χ0) is 17.4. The van der Waals surface area contributed by atoms with Crippen molar-refractivity contribution in [1.82, 2.24) is 10.6 Å². The number of amides is 1. The fourth-order valence-electron chi connectivity index (χ4n) is 3.66. The summed E-state index contributed by atoms with van der Waals surface area (Å²) in [6.45, 7) is 3.73. The van der Waals surface area contributed by atoms with Crippen LogP contribution in [0.4, 0.5) is 4.39 Å². The lowest BCUT2D eigenvalue weighted by Gasteiger charge is -2.52. The summed E-state index contributed by atoms with van der Waals surface area (Å²) >= 11 is 5.86. The molecule has 3 N–H and O–H groups in total. The van der Waals surface area contributed by atoms with Crippen molar-refractivity contribution in [2.24, 2.45) is 0 Å². The third-order valence-corrected chi connectivity index (χ3v) is 5.37. The number of rotatable bonds is 2. The quantitative estimate of drug-likeness (QED) is 0.721. The number of halogens is 3. The largest absolute Gasteiger partial charge is 0.388 e. The van der Waals surface area contributed by atoms with E-state index >= 15 is 0 Å². The Morgan fingerprint density at radius 1 is 1.40 bits per heavy atom. The van der Waals surface area contributed by atoms with Gasteiger partial charge in [-0.3, -0.25) is 4.79 Å². The Labute approximate surface area is 157 Å². The molecule has 140 valence electrons. The fraction of sp³-hybridized carbons (Fsp3) is 0.588. The van der Waals surface area contributed by atoms with E-state index in [0.29, 0.717) is 25.9 Å². The second kappa shape index (κ2) is 7.76. The molecule has 2 aliphatic rings. The van der Waals surface area contributed by atoms with Crippen LogP contribution in [0.2, 0.25) is 5.02 Å². The minimum absolute atomic E-state index is 0. The molecule has 25 heavy (non-hydrogen) atoms. The molecule has 0 aliphatic carbocycles. The molecule has 5 nitrogen and oxygen atoms in total. The molecule has 0 aromatic heterocycles. The molecule has 0 saturated carbocycles. The molecule has 1 aromatic carbocycles. The van der Waals surface area contributed by atoms with Crippen molar-refractivity contribution in [3.8, 4) is 0 Å². The Morgan fingerprint density at radius 3 is 2.76 bits per heavy atom. The highest BCUT2D eigenvalue weighted by Crippen LogP contribution is 2.38. The predicted octanol–water partition coefficient (Wildman–Crippen LogP) is 2.29. The lowest BCUT2D eigenvalue weighted by molar-refractivity contribution is -0.197. The van der Waals surface area contributed by atoms with Crippen molar-refractivity contribution in [1.29, 1.82) is 0 Å². The normalized spacial score (nSPS) is 28.2. The average molecular weight is 393 g/mol. The minimum atomic E-state index is -0.887. The monoisotopic (exact) mass is 392 g/mol. The van der Waals surface area contributed by atoms with Crippen molar-refractivity contribution in [3.63, 3.8) is 0 Å². The van der Waals surface area contributed by atoms with Gasteiger partial charge in [-0.05, 0) is 57.5 Å². The van der Waals surface area contributed by atoms with Crippen LogP contribution in [-0.4, -0.2) is 48.0 Å². The molecule has 0 bridgehead atoms. The van der Waals surface area contributed by atoms with Crippen LogP contribution in [0.25, 0.3) is 0 Å². The summed E-state index contributed by atoms with van der Waals surface area (Å²) in [4.78, 5) is 12.5. The Balaban J connectivity index is 0.00000225. The summed E-state index contributed by atoms with van der Waals surface area (Å²) in [5.41, 5.74) is -1.68. The molecule has 0 unspecified atom stereocenters. The van der Waals surface area contributed by atoms with Gasteiger partial charge in [0.25, 0.3) is 5.91 Å². The molecule has 0 radical (unpaired) electrons. The third kappa shape index (κ3) is 3.93. The maximum absolute atomic E-state index is 13.9. The van der Waals surface area contributed by atoms with E-state index in [1.54, 1.807) is 6.92 Å². The maximum atomic E-state index is 13.9. The number of nitrogens with one attached hydrogen (secondary N) is 2. The van der Waals surface area contributed by atoms with Gasteiger partial charge in [-0.1, -0.05) is 11.6 Å². The lowest BCUT2D eigenvalue weighted by atomic mass is 9.73. The van der Waals surface area contributed by atoms with Gasteiger partial charge in [0.15, 0.2) is 0 Å². The molecule has 2 saturated heterocycles. The van der Waals surface area contributed by atoms with Gasteiger partial charge < -0.3 is 20.5 Å². The minimum Gasteiger partial charge on any atom is -0.388 e. The number of aliphatic hydroxyl groups excluding tert-OH is 1. The van der Waals surface area contributed by atoms with Gasteiger partial charge in [-0.2, -0.15) is 0 Å². The highest BCUT2D eigenvalue weighted by Gasteiger charge is 2.53. The summed E-state index contributed by atoms with van der Waals surface area (Å²) < 4.78 is 19.8. The Bertz CT molecular complexity index is 635. The number of aliphatic hydroxyl groups is 1. The molecule has 1 aromatic rings. The Hall–Kier alpha value is -0.920. The highest BCUT2D eigenvalue weighted by molar-refractivity contribution is 6.31. The van der Waals surface area contributed by atoms with Crippen LogP contribution < -0.4 is 10.6 Å².